The third-order valence-electron chi connectivity index (χ3n) is 6.52. The van der Waals surface area contributed by atoms with Crippen LogP contribution in [0.15, 0.2) is 59.5 Å². The Balaban J connectivity index is 1.48. The fourth-order valence-corrected chi connectivity index (χ4v) is 5.57. The normalized spacial score (nSPS) is 26.5. The first kappa shape index (κ1) is 22.9. The molecule has 2 fully saturated rings. The fourth-order valence-electron chi connectivity index (χ4n) is 5.00. The number of hydrogen-bond acceptors (Lipinski definition) is 6. The van der Waals surface area contributed by atoms with Crippen molar-refractivity contribution in [3.8, 4) is 0 Å². The minimum absolute atomic E-state index is 0.00339. The molecule has 5 atom stereocenters. The highest BCUT2D eigenvalue weighted by molar-refractivity contribution is 7.89. The van der Waals surface area contributed by atoms with E-state index in [1.165, 1.54) is 6.07 Å². The minimum atomic E-state index is -3.76. The van der Waals surface area contributed by atoms with Crippen LogP contribution in [0.4, 0.5) is 0 Å². The van der Waals surface area contributed by atoms with Crippen molar-refractivity contribution >= 4 is 15.9 Å². The van der Waals surface area contributed by atoms with Crippen molar-refractivity contribution in [3.05, 3.63) is 65.7 Å². The van der Waals surface area contributed by atoms with E-state index in [2.05, 4.69) is 16.2 Å². The zero-order chi connectivity index (χ0) is 22.9. The molecule has 9 heteroatoms. The molecule has 1 heterocycles. The summed E-state index contributed by atoms with van der Waals surface area (Å²) in [6.45, 7) is 0. The summed E-state index contributed by atoms with van der Waals surface area (Å²) in [6.07, 6.45) is 2.61. The van der Waals surface area contributed by atoms with E-state index in [4.69, 9.17) is 5.14 Å². The summed E-state index contributed by atoms with van der Waals surface area (Å²) in [7, 11) is 0.0556. The highest BCUT2D eigenvalue weighted by Gasteiger charge is 2.42. The quantitative estimate of drug-likeness (QED) is 0.522. The molecule has 1 saturated carbocycles. The van der Waals surface area contributed by atoms with E-state index in [1.54, 1.807) is 12.1 Å². The Labute approximate surface area is 189 Å². The summed E-state index contributed by atoms with van der Waals surface area (Å²) in [5.41, 5.74) is 8.52. The molecule has 1 saturated heterocycles. The van der Waals surface area contributed by atoms with Crippen molar-refractivity contribution in [2.75, 3.05) is 14.1 Å². The van der Waals surface area contributed by atoms with Crippen molar-refractivity contribution in [2.45, 2.75) is 48.3 Å². The maximum atomic E-state index is 13.2. The van der Waals surface area contributed by atoms with Gasteiger partial charge in [-0.05, 0) is 62.5 Å². The molecule has 32 heavy (non-hydrogen) atoms. The molecule has 2 aromatic carbocycles. The van der Waals surface area contributed by atoms with Crippen LogP contribution in [-0.2, 0) is 14.8 Å². The Morgan fingerprint density at radius 1 is 1.09 bits per heavy atom. The number of sulfonamides is 1. The molecule has 4 rings (SSSR count). The van der Waals surface area contributed by atoms with Gasteiger partial charge in [0.05, 0.1) is 10.9 Å². The van der Waals surface area contributed by atoms with E-state index in [0.717, 1.165) is 30.4 Å². The molecule has 0 bridgehead atoms. The first-order valence-corrected chi connectivity index (χ1v) is 12.4. The maximum Gasteiger partial charge on any atom is 0.242 e. The maximum absolute atomic E-state index is 13.2. The summed E-state index contributed by atoms with van der Waals surface area (Å²) in [5, 5.41) is 8.59. The van der Waals surface area contributed by atoms with E-state index in [9.17, 15) is 13.2 Å². The number of carbonyl (C=O) groups is 1. The Hall–Kier alpha value is -2.30. The van der Waals surface area contributed by atoms with Crippen LogP contribution in [0, 0.1) is 5.92 Å². The lowest BCUT2D eigenvalue weighted by Gasteiger charge is -2.35. The number of hydrogen-bond donors (Lipinski definition) is 4. The zero-order valence-corrected chi connectivity index (χ0v) is 19.2. The first-order chi connectivity index (χ1) is 15.2. The topological polar surface area (TPSA) is 117 Å². The van der Waals surface area contributed by atoms with E-state index < -0.39 is 10.0 Å². The number of nitrogens with zero attached hydrogens (tertiary/aromatic N) is 1. The highest BCUT2D eigenvalue weighted by Crippen LogP contribution is 2.38. The Bertz CT molecular complexity index is 1060. The van der Waals surface area contributed by atoms with Gasteiger partial charge in [-0.3, -0.25) is 15.1 Å². The highest BCUT2D eigenvalue weighted by atomic mass is 32.2. The molecule has 1 aliphatic carbocycles. The number of fused-ring (bicyclic) bond motifs is 1. The van der Waals surface area contributed by atoms with Crippen LogP contribution < -0.4 is 21.3 Å². The van der Waals surface area contributed by atoms with Crippen LogP contribution in [0.1, 0.15) is 42.5 Å². The molecule has 0 aromatic heterocycles. The SMILES string of the molecule is CN(C)[C@H](C(=O)NC1CCC2NNC(c3cccc(S(N)(=O)=O)c3)C2C1)c1ccccc1. The van der Waals surface area contributed by atoms with Crippen LogP contribution in [-0.4, -0.2) is 45.4 Å². The number of rotatable bonds is 6. The third kappa shape index (κ3) is 4.87. The Morgan fingerprint density at radius 3 is 2.53 bits per heavy atom. The molecule has 8 nitrogen and oxygen atoms in total. The Morgan fingerprint density at radius 2 is 1.84 bits per heavy atom. The molecule has 0 radical (unpaired) electrons. The van der Waals surface area contributed by atoms with Gasteiger partial charge in [0.15, 0.2) is 0 Å². The molecular formula is C23H31N5O3S. The standard InChI is InChI=1S/C23H31N5O3S/c1-28(2)22(15-7-4-3-5-8-15)23(29)25-17-11-12-20-19(14-17)21(27-26-20)16-9-6-10-18(13-16)32(24,30)31/h3-10,13,17,19-22,26-27H,11-12,14H2,1-2H3,(H,25,29)(H2,24,30,31)/t17?,19?,20?,21?,22-/m0/s1. The van der Waals surface area contributed by atoms with Crippen LogP contribution in [0.5, 0.6) is 0 Å². The van der Waals surface area contributed by atoms with Gasteiger partial charge < -0.3 is 5.32 Å². The van der Waals surface area contributed by atoms with Gasteiger partial charge in [-0.2, -0.15) is 0 Å². The van der Waals surface area contributed by atoms with E-state index in [1.807, 2.05) is 55.4 Å². The van der Waals surface area contributed by atoms with Gasteiger partial charge in [0.1, 0.15) is 6.04 Å². The number of nitrogens with two attached hydrogens (primary N) is 1. The van der Waals surface area contributed by atoms with Crippen LogP contribution >= 0.6 is 0 Å². The summed E-state index contributed by atoms with van der Waals surface area (Å²) in [6, 6.07) is 16.5. The van der Waals surface area contributed by atoms with Gasteiger partial charge >= 0.3 is 0 Å². The van der Waals surface area contributed by atoms with Gasteiger partial charge in [-0.1, -0.05) is 42.5 Å². The van der Waals surface area contributed by atoms with Gasteiger partial charge in [0.2, 0.25) is 15.9 Å². The number of nitrogens with one attached hydrogen (secondary N) is 3. The van der Waals surface area contributed by atoms with E-state index >= 15 is 0 Å². The van der Waals surface area contributed by atoms with Crippen LogP contribution in [0.3, 0.4) is 0 Å². The van der Waals surface area contributed by atoms with Crippen molar-refractivity contribution in [2.24, 2.45) is 11.1 Å². The van der Waals surface area contributed by atoms with Gasteiger partial charge in [-0.15, -0.1) is 0 Å². The first-order valence-electron chi connectivity index (χ1n) is 10.9. The summed E-state index contributed by atoms with van der Waals surface area (Å²) >= 11 is 0. The third-order valence-corrected chi connectivity index (χ3v) is 7.44. The second kappa shape index (κ2) is 9.29. The molecule has 2 aliphatic rings. The molecule has 1 amide bonds. The van der Waals surface area contributed by atoms with Crippen molar-refractivity contribution < 1.29 is 13.2 Å². The van der Waals surface area contributed by atoms with Gasteiger partial charge in [0.25, 0.3) is 0 Å². The molecule has 0 spiro atoms. The average molecular weight is 458 g/mol. The average Bonchev–Trinajstić information content (AvgIpc) is 3.17. The summed E-state index contributed by atoms with van der Waals surface area (Å²) < 4.78 is 23.6. The Kier molecular flexibility index (Phi) is 6.64. The smallest absolute Gasteiger partial charge is 0.242 e. The van der Waals surface area contributed by atoms with Crippen LogP contribution in [0.25, 0.3) is 0 Å². The lowest BCUT2D eigenvalue weighted by molar-refractivity contribution is -0.126. The molecule has 2 aromatic rings. The molecule has 4 unspecified atom stereocenters. The number of likely N-dealkylation sites (N-methyl/N-ethyl adjacent to an activating group) is 1. The lowest BCUT2D eigenvalue weighted by Crippen LogP contribution is -2.47. The van der Waals surface area contributed by atoms with Crippen molar-refractivity contribution in [1.82, 2.24) is 21.1 Å². The lowest BCUT2D eigenvalue weighted by atomic mass is 9.77. The zero-order valence-electron chi connectivity index (χ0n) is 18.4. The second-order valence-corrected chi connectivity index (χ2v) is 10.5. The summed E-state index contributed by atoms with van der Waals surface area (Å²) in [4.78, 5) is 15.2. The number of amides is 1. The van der Waals surface area contributed by atoms with Crippen LogP contribution in [0.2, 0.25) is 0 Å². The van der Waals surface area contributed by atoms with Gasteiger partial charge in [-0.25, -0.2) is 19.0 Å². The summed E-state index contributed by atoms with van der Waals surface area (Å²) in [5.74, 6) is 0.218. The van der Waals surface area contributed by atoms with E-state index in [-0.39, 0.29) is 40.9 Å². The predicted molar refractivity (Wildman–Crippen MR) is 123 cm³/mol. The monoisotopic (exact) mass is 457 g/mol. The largest absolute Gasteiger partial charge is 0.352 e. The molecular weight excluding hydrogens is 426 g/mol. The molecule has 1 aliphatic heterocycles. The predicted octanol–water partition coefficient (Wildman–Crippen LogP) is 1.44. The number of carbonyl (C=O) groups excluding carboxylic acids is 1. The fraction of sp³-hybridized carbons (Fsp3) is 0.435. The molecule has 5 N–H and O–H groups in total. The number of benzene rings is 2. The number of hydrazine groups is 1. The van der Waals surface area contributed by atoms with Crippen molar-refractivity contribution in [1.29, 1.82) is 0 Å². The van der Waals surface area contributed by atoms with Crippen molar-refractivity contribution in [3.63, 3.8) is 0 Å². The second-order valence-electron chi connectivity index (χ2n) is 8.95. The van der Waals surface area contributed by atoms with Gasteiger partial charge in [0, 0.05) is 12.1 Å². The minimum Gasteiger partial charge on any atom is -0.352 e. The molecule has 172 valence electrons. The van der Waals surface area contributed by atoms with E-state index in [0.29, 0.717) is 0 Å². The number of primary sulfonamides is 1.